The van der Waals surface area contributed by atoms with Gasteiger partial charge in [-0.1, -0.05) is 0 Å². The van der Waals surface area contributed by atoms with E-state index >= 15 is 0 Å². The average molecular weight is 198 g/mol. The van der Waals surface area contributed by atoms with E-state index in [9.17, 15) is 0 Å². The Balaban J connectivity index is 2.46. The van der Waals surface area contributed by atoms with Crippen LogP contribution >= 0.6 is 0 Å². The van der Waals surface area contributed by atoms with Crippen LogP contribution in [0, 0.1) is 0 Å². The van der Waals surface area contributed by atoms with Crippen LogP contribution in [0.25, 0.3) is 21.5 Å². The van der Waals surface area contributed by atoms with Gasteiger partial charge in [-0.25, -0.2) is 0 Å². The Bertz CT molecular complexity index is 656. The fourth-order valence-electron chi connectivity index (χ4n) is 2.34. The molecule has 0 nitrogen and oxygen atoms in total. The van der Waals surface area contributed by atoms with Gasteiger partial charge in [-0.15, -0.1) is 0 Å². The van der Waals surface area contributed by atoms with Crippen LogP contribution in [0.5, 0.6) is 0 Å². The maximum atomic E-state index is 2.31. The van der Waals surface area contributed by atoms with Gasteiger partial charge in [0, 0.05) is 0 Å². The zero-order valence-corrected chi connectivity index (χ0v) is 9.40. The molecule has 72 valence electrons. The van der Waals surface area contributed by atoms with E-state index < -0.39 is 0 Å². The summed E-state index contributed by atoms with van der Waals surface area (Å²) < 4.78 is 0. The van der Waals surface area contributed by atoms with Crippen molar-refractivity contribution in [3.05, 3.63) is 60.2 Å². The first-order valence-corrected chi connectivity index (χ1v) is 5.79. The molecule has 0 spiro atoms. The van der Waals surface area contributed by atoms with Crippen molar-refractivity contribution in [3.63, 3.8) is 0 Å². The summed E-state index contributed by atoms with van der Waals surface area (Å²) in [4.78, 5) is 0. The van der Waals surface area contributed by atoms with Crippen LogP contribution in [0.15, 0.2) is 54.6 Å². The molecule has 0 bridgehead atoms. The van der Waals surface area contributed by atoms with Crippen molar-refractivity contribution >= 4 is 39.3 Å². The molecular formula is C15H11Li. The third kappa shape index (κ3) is 1.55. The second kappa shape index (κ2) is 3.98. The van der Waals surface area contributed by atoms with Crippen LogP contribution in [0.4, 0.5) is 0 Å². The van der Waals surface area contributed by atoms with Gasteiger partial charge in [-0.3, -0.25) is 0 Å². The molecule has 3 aromatic rings. The van der Waals surface area contributed by atoms with Crippen LogP contribution in [0.1, 0.15) is 5.56 Å². The van der Waals surface area contributed by atoms with Crippen LogP contribution in [0.3, 0.4) is 0 Å². The van der Waals surface area contributed by atoms with Gasteiger partial charge in [0.25, 0.3) is 0 Å². The van der Waals surface area contributed by atoms with E-state index in [1.165, 1.54) is 27.1 Å². The molecule has 0 atom stereocenters. The Morgan fingerprint density at radius 1 is 0.750 bits per heavy atom. The molecule has 0 aliphatic carbocycles. The average Bonchev–Trinajstić information content (AvgIpc) is 2.35. The normalized spacial score (nSPS) is 11.1. The standard InChI is InChI=1S/C15H11.Li/c1-11-5-4-8-14-9-12-6-2-3-7-13(12)10-15(11)14;/h2-10H,1H2;. The quantitative estimate of drug-likeness (QED) is 0.413. The van der Waals surface area contributed by atoms with E-state index in [1.807, 2.05) is 0 Å². The summed E-state index contributed by atoms with van der Waals surface area (Å²) in [5.41, 5.74) is 1.43. The van der Waals surface area contributed by atoms with Crippen LogP contribution in [-0.2, 0) is 5.09 Å². The molecule has 0 unspecified atom stereocenters. The minimum atomic E-state index is 1.09. The number of rotatable bonds is 1. The molecule has 0 aliphatic heterocycles. The monoisotopic (exact) mass is 198 g/mol. The van der Waals surface area contributed by atoms with Gasteiger partial charge in [0.1, 0.15) is 0 Å². The summed E-state index contributed by atoms with van der Waals surface area (Å²) in [6.45, 7) is 0. The van der Waals surface area contributed by atoms with E-state index in [4.69, 9.17) is 0 Å². The van der Waals surface area contributed by atoms with Crippen LogP contribution in [-0.4, -0.2) is 17.7 Å². The van der Waals surface area contributed by atoms with Gasteiger partial charge >= 0.3 is 105 Å². The molecule has 16 heavy (non-hydrogen) atoms. The van der Waals surface area contributed by atoms with Gasteiger partial charge in [0.05, 0.1) is 0 Å². The van der Waals surface area contributed by atoms with Gasteiger partial charge in [0.2, 0.25) is 0 Å². The minimum absolute atomic E-state index is 1.09. The summed E-state index contributed by atoms with van der Waals surface area (Å²) in [5.74, 6) is 0. The van der Waals surface area contributed by atoms with E-state index in [0.717, 1.165) is 5.09 Å². The molecule has 0 saturated heterocycles. The molecule has 0 saturated carbocycles. The van der Waals surface area contributed by atoms with Crippen molar-refractivity contribution in [3.8, 4) is 0 Å². The van der Waals surface area contributed by atoms with Gasteiger partial charge in [-0.05, 0) is 0 Å². The van der Waals surface area contributed by atoms with Crippen LogP contribution < -0.4 is 0 Å². The van der Waals surface area contributed by atoms with Gasteiger partial charge in [0.15, 0.2) is 0 Å². The molecule has 0 aliphatic rings. The summed E-state index contributed by atoms with van der Waals surface area (Å²) in [5, 5.41) is 6.48. The summed E-state index contributed by atoms with van der Waals surface area (Å²) in [6.07, 6.45) is 0. The zero-order valence-electron chi connectivity index (χ0n) is 9.40. The molecule has 3 aromatic carbocycles. The fourth-order valence-corrected chi connectivity index (χ4v) is 2.34. The molecule has 0 amide bonds. The van der Waals surface area contributed by atoms with Crippen LogP contribution in [0.2, 0.25) is 0 Å². The molecular weight excluding hydrogens is 187 g/mol. The van der Waals surface area contributed by atoms with Crippen molar-refractivity contribution in [1.82, 2.24) is 0 Å². The fraction of sp³-hybridized carbons (Fsp3) is 0.0667. The molecule has 0 N–H and O–H groups in total. The number of fused-ring (bicyclic) bond motifs is 2. The topological polar surface area (TPSA) is 0 Å². The van der Waals surface area contributed by atoms with E-state index in [0.29, 0.717) is 0 Å². The molecule has 0 fully saturated rings. The number of benzene rings is 3. The van der Waals surface area contributed by atoms with Crippen molar-refractivity contribution in [2.45, 2.75) is 5.09 Å². The molecule has 0 aromatic heterocycles. The van der Waals surface area contributed by atoms with E-state index in [2.05, 4.69) is 72.3 Å². The zero-order chi connectivity index (χ0) is 11.0. The van der Waals surface area contributed by atoms with Crippen molar-refractivity contribution in [1.29, 1.82) is 0 Å². The first kappa shape index (κ1) is 9.97. The predicted octanol–water partition coefficient (Wildman–Crippen LogP) is 3.66. The second-order valence-electron chi connectivity index (χ2n) is 4.19. The number of hydrogen-bond acceptors (Lipinski definition) is 0. The van der Waals surface area contributed by atoms with Crippen molar-refractivity contribution in [2.24, 2.45) is 0 Å². The first-order valence-electron chi connectivity index (χ1n) is 5.79. The molecule has 0 radical (unpaired) electrons. The van der Waals surface area contributed by atoms with E-state index in [1.54, 1.807) is 0 Å². The summed E-state index contributed by atoms with van der Waals surface area (Å²) in [6, 6.07) is 19.7. The molecule has 3 rings (SSSR count). The van der Waals surface area contributed by atoms with Crippen molar-refractivity contribution in [2.75, 3.05) is 0 Å². The Morgan fingerprint density at radius 2 is 1.44 bits per heavy atom. The van der Waals surface area contributed by atoms with Crippen molar-refractivity contribution < 1.29 is 0 Å². The second-order valence-corrected chi connectivity index (χ2v) is 4.19. The SMILES string of the molecule is [Li][CH2]c1cccc2cc3ccccc3cc12. The predicted molar refractivity (Wildman–Crippen MR) is 70.9 cm³/mol. The maximum absolute atomic E-state index is 2.31. The van der Waals surface area contributed by atoms with Gasteiger partial charge in [-0.2, -0.15) is 0 Å². The molecule has 0 heterocycles. The Hall–Kier alpha value is -1.22. The summed E-state index contributed by atoms with van der Waals surface area (Å²) in [7, 11) is 0. The first-order chi connectivity index (χ1) is 7.88. The summed E-state index contributed by atoms with van der Waals surface area (Å²) >= 11 is 2.21. The Kier molecular flexibility index (Phi) is 2.48. The molecule has 1 heteroatoms. The third-order valence-corrected chi connectivity index (χ3v) is 3.22. The Morgan fingerprint density at radius 3 is 2.19 bits per heavy atom. The Labute approximate surface area is 104 Å². The van der Waals surface area contributed by atoms with Gasteiger partial charge < -0.3 is 0 Å². The number of hydrogen-bond donors (Lipinski definition) is 0. The third-order valence-electron chi connectivity index (χ3n) is 3.22. The van der Waals surface area contributed by atoms with E-state index in [-0.39, 0.29) is 0 Å².